The molecule has 13 heavy (non-hydrogen) atoms. The van der Waals surface area contributed by atoms with E-state index < -0.39 is 12.1 Å². The van der Waals surface area contributed by atoms with Gasteiger partial charge in [0.2, 0.25) is 6.29 Å². The van der Waals surface area contributed by atoms with Crippen LogP contribution in [0.4, 0.5) is 0 Å². The minimum absolute atomic E-state index is 0.289. The van der Waals surface area contributed by atoms with Gasteiger partial charge in [0.1, 0.15) is 0 Å². The van der Waals surface area contributed by atoms with Crippen molar-refractivity contribution < 1.29 is 19.4 Å². The number of hydrogen-bond donors (Lipinski definition) is 1. The number of nitrogens with zero attached hydrogens (tertiary/aromatic N) is 1. The number of rotatable bonds is 5. The highest BCUT2D eigenvalue weighted by molar-refractivity contribution is 5.59. The molecule has 0 aromatic heterocycles. The lowest BCUT2D eigenvalue weighted by atomic mass is 10.2. The van der Waals surface area contributed by atoms with Crippen LogP contribution in [0.3, 0.4) is 0 Å². The fraction of sp³-hybridized carbons (Fsp3) is 0.875. The normalized spacial score (nSPS) is 26.8. The van der Waals surface area contributed by atoms with Crippen LogP contribution >= 0.6 is 0 Å². The van der Waals surface area contributed by atoms with E-state index in [1.807, 2.05) is 13.8 Å². The average Bonchev–Trinajstić information content (AvgIpc) is 2.53. The van der Waals surface area contributed by atoms with E-state index in [1.165, 1.54) is 6.21 Å². The number of hydrogen-bond acceptors (Lipinski definition) is 5. The molecule has 0 saturated carbocycles. The van der Waals surface area contributed by atoms with E-state index in [2.05, 4.69) is 5.16 Å². The summed E-state index contributed by atoms with van der Waals surface area (Å²) in [5.74, 6) is -1.45. The summed E-state index contributed by atoms with van der Waals surface area (Å²) in [5, 5.41) is 13.3. The van der Waals surface area contributed by atoms with Crippen LogP contribution in [0.2, 0.25) is 0 Å². The predicted molar refractivity (Wildman–Crippen MR) is 46.2 cm³/mol. The molecule has 0 saturated heterocycles. The predicted octanol–water partition coefficient (Wildman–Crippen LogP) is 0.480. The molecule has 76 valence electrons. The molecule has 0 bridgehead atoms. The fourth-order valence-corrected chi connectivity index (χ4v) is 1.08. The summed E-state index contributed by atoms with van der Waals surface area (Å²) < 4.78 is 10.4. The number of oxime groups is 1. The van der Waals surface area contributed by atoms with Gasteiger partial charge >= 0.3 is 0 Å². The molecule has 1 N–H and O–H groups in total. The molecular weight excluding hydrogens is 174 g/mol. The number of aliphatic hydroxyl groups is 1. The summed E-state index contributed by atoms with van der Waals surface area (Å²) in [5.41, 5.74) is 0. The van der Waals surface area contributed by atoms with Crippen molar-refractivity contribution in [1.82, 2.24) is 0 Å². The lowest BCUT2D eigenvalue weighted by Gasteiger charge is -2.28. The van der Waals surface area contributed by atoms with Gasteiger partial charge < -0.3 is 19.4 Å². The Morgan fingerprint density at radius 1 is 1.54 bits per heavy atom. The van der Waals surface area contributed by atoms with Crippen molar-refractivity contribution in [3.8, 4) is 0 Å². The van der Waals surface area contributed by atoms with Crippen LogP contribution in [-0.4, -0.2) is 36.6 Å². The smallest absolute Gasteiger partial charge is 0.290 e. The van der Waals surface area contributed by atoms with E-state index >= 15 is 0 Å². The Balaban J connectivity index is 2.51. The van der Waals surface area contributed by atoms with E-state index in [4.69, 9.17) is 14.3 Å². The van der Waals surface area contributed by atoms with Crippen molar-refractivity contribution in [3.63, 3.8) is 0 Å². The minimum atomic E-state index is -1.45. The summed E-state index contributed by atoms with van der Waals surface area (Å²) in [6.07, 6.45) is 1.01. The van der Waals surface area contributed by atoms with Crippen LogP contribution in [0.25, 0.3) is 0 Å². The average molecular weight is 189 g/mol. The topological polar surface area (TPSA) is 60.3 Å². The van der Waals surface area contributed by atoms with Crippen molar-refractivity contribution in [2.24, 2.45) is 5.16 Å². The third kappa shape index (κ3) is 2.40. The van der Waals surface area contributed by atoms with Gasteiger partial charge in [-0.15, -0.1) is 0 Å². The third-order valence-electron chi connectivity index (χ3n) is 1.67. The van der Waals surface area contributed by atoms with Gasteiger partial charge in [0.25, 0.3) is 5.79 Å². The van der Waals surface area contributed by atoms with E-state index in [-0.39, 0.29) is 6.42 Å². The van der Waals surface area contributed by atoms with Crippen LogP contribution in [0.1, 0.15) is 20.3 Å². The highest BCUT2D eigenvalue weighted by Crippen LogP contribution is 2.24. The van der Waals surface area contributed by atoms with Gasteiger partial charge in [-0.05, 0) is 13.8 Å². The van der Waals surface area contributed by atoms with E-state index in [9.17, 15) is 5.11 Å². The standard InChI is InChI=1S/C8H15NO4/c1-3-11-7(12-4-2)8(10)5-6-9-13-8/h6-7,10H,3-5H2,1-2H3. The maximum absolute atomic E-state index is 9.82. The first-order valence-electron chi connectivity index (χ1n) is 4.38. The zero-order valence-corrected chi connectivity index (χ0v) is 7.90. The molecular formula is C8H15NO4. The monoisotopic (exact) mass is 189 g/mol. The lowest BCUT2D eigenvalue weighted by molar-refractivity contribution is -0.325. The maximum Gasteiger partial charge on any atom is 0.290 e. The lowest BCUT2D eigenvalue weighted by Crippen LogP contribution is -2.45. The molecule has 0 spiro atoms. The largest absolute Gasteiger partial charge is 0.355 e. The second kappa shape index (κ2) is 4.55. The molecule has 1 unspecified atom stereocenters. The van der Waals surface area contributed by atoms with Gasteiger partial charge in [0.15, 0.2) is 0 Å². The van der Waals surface area contributed by atoms with E-state index in [0.717, 1.165) is 0 Å². The molecule has 0 amide bonds. The van der Waals surface area contributed by atoms with Gasteiger partial charge in [-0.25, -0.2) is 0 Å². The van der Waals surface area contributed by atoms with Gasteiger partial charge in [0, 0.05) is 13.2 Å². The highest BCUT2D eigenvalue weighted by Gasteiger charge is 2.43. The maximum atomic E-state index is 9.82. The zero-order valence-electron chi connectivity index (χ0n) is 7.90. The molecule has 0 radical (unpaired) electrons. The summed E-state index contributed by atoms with van der Waals surface area (Å²) in [6.45, 7) is 4.56. The van der Waals surface area contributed by atoms with Gasteiger partial charge in [0.05, 0.1) is 12.6 Å². The molecule has 0 aromatic carbocycles. The minimum Gasteiger partial charge on any atom is -0.355 e. The molecule has 1 rings (SSSR count). The Labute approximate surface area is 77.3 Å². The van der Waals surface area contributed by atoms with Crippen LogP contribution in [0.15, 0.2) is 5.16 Å². The Morgan fingerprint density at radius 3 is 2.54 bits per heavy atom. The van der Waals surface area contributed by atoms with E-state index in [1.54, 1.807) is 0 Å². The molecule has 0 fully saturated rings. The second-order valence-corrected chi connectivity index (χ2v) is 2.67. The Morgan fingerprint density at radius 2 is 2.15 bits per heavy atom. The second-order valence-electron chi connectivity index (χ2n) is 2.67. The SMILES string of the molecule is CCOC(OCC)C1(O)CC=NO1. The summed E-state index contributed by atoms with van der Waals surface area (Å²) in [4.78, 5) is 4.78. The molecule has 5 heteroatoms. The first-order valence-corrected chi connectivity index (χ1v) is 4.38. The van der Waals surface area contributed by atoms with Crippen molar-refractivity contribution in [2.75, 3.05) is 13.2 Å². The molecule has 0 aliphatic carbocycles. The van der Waals surface area contributed by atoms with Crippen LogP contribution < -0.4 is 0 Å². The first-order chi connectivity index (χ1) is 6.23. The Hall–Kier alpha value is -0.650. The summed E-state index contributed by atoms with van der Waals surface area (Å²) in [7, 11) is 0. The first kappa shape index (κ1) is 10.4. The molecule has 1 aliphatic heterocycles. The third-order valence-corrected chi connectivity index (χ3v) is 1.67. The van der Waals surface area contributed by atoms with Crippen LogP contribution in [-0.2, 0) is 14.3 Å². The van der Waals surface area contributed by atoms with Crippen molar-refractivity contribution in [1.29, 1.82) is 0 Å². The van der Waals surface area contributed by atoms with Crippen molar-refractivity contribution in [2.45, 2.75) is 32.3 Å². The van der Waals surface area contributed by atoms with Crippen molar-refractivity contribution >= 4 is 6.21 Å². The molecule has 1 heterocycles. The highest BCUT2D eigenvalue weighted by atomic mass is 16.8. The van der Waals surface area contributed by atoms with Gasteiger partial charge in [-0.2, -0.15) is 0 Å². The molecule has 5 nitrogen and oxygen atoms in total. The van der Waals surface area contributed by atoms with E-state index in [0.29, 0.717) is 13.2 Å². The Bertz CT molecular complexity index is 169. The van der Waals surface area contributed by atoms with Crippen LogP contribution in [0.5, 0.6) is 0 Å². The van der Waals surface area contributed by atoms with Gasteiger partial charge in [-0.3, -0.25) is 0 Å². The number of ether oxygens (including phenoxy) is 2. The fourth-order valence-electron chi connectivity index (χ4n) is 1.08. The molecule has 1 atom stereocenters. The zero-order chi connectivity index (χ0) is 9.73. The quantitative estimate of drug-likeness (QED) is 0.639. The Kier molecular flexibility index (Phi) is 3.65. The van der Waals surface area contributed by atoms with Gasteiger partial charge in [-0.1, -0.05) is 5.16 Å². The molecule has 0 aromatic rings. The van der Waals surface area contributed by atoms with Crippen LogP contribution in [0, 0.1) is 0 Å². The summed E-state index contributed by atoms with van der Waals surface area (Å²) in [6, 6.07) is 0. The summed E-state index contributed by atoms with van der Waals surface area (Å²) >= 11 is 0. The van der Waals surface area contributed by atoms with Crippen molar-refractivity contribution in [3.05, 3.63) is 0 Å². The molecule has 1 aliphatic rings.